The number of hydrogen-bond acceptors (Lipinski definition) is 5. The molecule has 0 aliphatic carbocycles. The van der Waals surface area contributed by atoms with Crippen molar-refractivity contribution in [1.29, 1.82) is 0 Å². The Bertz CT molecular complexity index is 666. The molecule has 0 bridgehead atoms. The number of rotatable bonds is 13. The van der Waals surface area contributed by atoms with Crippen molar-refractivity contribution in [3.05, 3.63) is 29.8 Å². The molecule has 0 spiro atoms. The molecular weight excluding hydrogens is 398 g/mol. The molecule has 0 radical (unpaired) electrons. The van der Waals surface area contributed by atoms with Crippen molar-refractivity contribution in [3.8, 4) is 5.75 Å². The lowest BCUT2D eigenvalue weighted by Crippen LogP contribution is -2.37. The van der Waals surface area contributed by atoms with Crippen molar-refractivity contribution in [2.75, 3.05) is 32.9 Å². The molecular formula is C24H39NO6. The summed E-state index contributed by atoms with van der Waals surface area (Å²) >= 11 is 0. The highest BCUT2D eigenvalue weighted by Gasteiger charge is 2.20. The van der Waals surface area contributed by atoms with E-state index in [0.29, 0.717) is 45.1 Å². The van der Waals surface area contributed by atoms with Crippen molar-refractivity contribution in [2.24, 2.45) is 11.3 Å². The molecule has 0 fully saturated rings. The van der Waals surface area contributed by atoms with Crippen molar-refractivity contribution < 1.29 is 28.9 Å². The van der Waals surface area contributed by atoms with Crippen molar-refractivity contribution in [2.45, 2.75) is 60.5 Å². The molecule has 0 heterocycles. The number of nitrogens with zero attached hydrogens (tertiary/aromatic N) is 1. The largest absolute Gasteiger partial charge is 0.492 e. The second-order valence-electron chi connectivity index (χ2n) is 9.25. The zero-order valence-corrected chi connectivity index (χ0v) is 19.8. The summed E-state index contributed by atoms with van der Waals surface area (Å²) in [6, 6.07) is 7.27. The van der Waals surface area contributed by atoms with Gasteiger partial charge in [0, 0.05) is 19.6 Å². The molecule has 7 nitrogen and oxygen atoms in total. The van der Waals surface area contributed by atoms with Gasteiger partial charge in [-0.25, -0.2) is 9.59 Å². The zero-order valence-electron chi connectivity index (χ0n) is 19.8. The minimum atomic E-state index is -0.970. The van der Waals surface area contributed by atoms with E-state index in [9.17, 15) is 14.7 Å². The third-order valence-corrected chi connectivity index (χ3v) is 4.55. The van der Waals surface area contributed by atoms with Crippen LogP contribution < -0.4 is 4.74 Å². The predicted molar refractivity (Wildman–Crippen MR) is 121 cm³/mol. The van der Waals surface area contributed by atoms with Gasteiger partial charge in [-0.15, -0.1) is 0 Å². The highest BCUT2D eigenvalue weighted by atomic mass is 16.6. The molecule has 31 heavy (non-hydrogen) atoms. The van der Waals surface area contributed by atoms with Crippen LogP contribution in [-0.4, -0.2) is 61.1 Å². The second-order valence-corrected chi connectivity index (χ2v) is 9.25. The van der Waals surface area contributed by atoms with Crippen LogP contribution in [0.15, 0.2) is 24.3 Å². The van der Waals surface area contributed by atoms with E-state index in [1.165, 1.54) is 0 Å². The maximum Gasteiger partial charge on any atom is 0.409 e. The summed E-state index contributed by atoms with van der Waals surface area (Å²) < 4.78 is 16.5. The number of carboxylic acid groups (broad SMARTS) is 1. The lowest BCUT2D eigenvalue weighted by molar-refractivity contribution is -0.149. The van der Waals surface area contributed by atoms with Gasteiger partial charge < -0.3 is 24.2 Å². The quantitative estimate of drug-likeness (QED) is 0.484. The van der Waals surface area contributed by atoms with E-state index in [2.05, 4.69) is 20.8 Å². The van der Waals surface area contributed by atoms with E-state index >= 15 is 0 Å². The number of ether oxygens (including phenoxy) is 3. The Kier molecular flexibility index (Phi) is 11.4. The molecule has 0 saturated carbocycles. The molecule has 1 aromatic rings. The molecule has 1 rings (SSSR count). The number of hydrogen-bond donors (Lipinski definition) is 1. The van der Waals surface area contributed by atoms with Crippen LogP contribution >= 0.6 is 0 Å². The third kappa shape index (κ3) is 11.6. The number of aliphatic carboxylic acids is 1. The molecule has 1 atom stereocenters. The Labute approximate surface area is 186 Å². The summed E-state index contributed by atoms with van der Waals surface area (Å²) in [5.41, 5.74) is 0.972. The smallest absolute Gasteiger partial charge is 0.409 e. The van der Waals surface area contributed by atoms with Gasteiger partial charge in [0.05, 0.1) is 13.2 Å². The molecule has 0 saturated heterocycles. The first-order valence-corrected chi connectivity index (χ1v) is 11.0. The fraction of sp³-hybridized carbons (Fsp3) is 0.667. The molecule has 1 aromatic carbocycles. The van der Waals surface area contributed by atoms with Crippen LogP contribution in [0.25, 0.3) is 0 Å². The maximum atomic E-state index is 12.5. The van der Waals surface area contributed by atoms with Crippen LogP contribution in [0.4, 0.5) is 4.79 Å². The SMILES string of the molecule is CCOC(Cc1ccc(OCCN(CCC(C)(C)C)C(=O)OCC(C)C)cc1)C(=O)O. The Hall–Kier alpha value is -2.28. The summed E-state index contributed by atoms with van der Waals surface area (Å²) in [7, 11) is 0. The Morgan fingerprint density at radius 3 is 2.26 bits per heavy atom. The minimum absolute atomic E-state index is 0.114. The van der Waals surface area contributed by atoms with Crippen LogP contribution in [0.1, 0.15) is 53.5 Å². The number of benzene rings is 1. The van der Waals surface area contributed by atoms with Crippen molar-refractivity contribution >= 4 is 12.1 Å². The summed E-state index contributed by atoms with van der Waals surface area (Å²) in [5.74, 6) is -0.0214. The van der Waals surface area contributed by atoms with Gasteiger partial charge >= 0.3 is 12.1 Å². The van der Waals surface area contributed by atoms with Crippen LogP contribution in [0.2, 0.25) is 0 Å². The van der Waals surface area contributed by atoms with Crippen LogP contribution in [0, 0.1) is 11.3 Å². The van der Waals surface area contributed by atoms with E-state index in [1.807, 2.05) is 26.0 Å². The predicted octanol–water partition coefficient (Wildman–Crippen LogP) is 4.63. The van der Waals surface area contributed by atoms with Gasteiger partial charge in [-0.2, -0.15) is 0 Å². The molecule has 0 aliphatic heterocycles. The molecule has 7 heteroatoms. The first-order valence-electron chi connectivity index (χ1n) is 11.0. The highest BCUT2D eigenvalue weighted by molar-refractivity contribution is 5.72. The number of carbonyl (C=O) groups excluding carboxylic acids is 1. The molecule has 0 aromatic heterocycles. The summed E-state index contributed by atoms with van der Waals surface area (Å²) in [6.45, 7) is 14.3. The summed E-state index contributed by atoms with van der Waals surface area (Å²) in [5, 5.41) is 9.20. The third-order valence-electron chi connectivity index (χ3n) is 4.55. The number of carboxylic acids is 1. The standard InChI is InChI=1S/C24H39NO6/c1-7-29-21(22(26)27)16-19-8-10-20(11-9-19)30-15-14-25(13-12-24(4,5)6)23(28)31-17-18(2)3/h8-11,18,21H,7,12-17H2,1-6H3,(H,26,27). The number of carbonyl (C=O) groups is 2. The van der Waals surface area contributed by atoms with Crippen LogP contribution in [0.3, 0.4) is 0 Å². The van der Waals surface area contributed by atoms with Gasteiger partial charge in [0.15, 0.2) is 6.10 Å². The van der Waals surface area contributed by atoms with Gasteiger partial charge in [0.2, 0.25) is 0 Å². The Morgan fingerprint density at radius 2 is 1.74 bits per heavy atom. The topological polar surface area (TPSA) is 85.3 Å². The fourth-order valence-corrected chi connectivity index (χ4v) is 2.72. The first-order chi connectivity index (χ1) is 14.5. The summed E-state index contributed by atoms with van der Waals surface area (Å²) in [6.07, 6.45) is -0.00747. The van der Waals surface area contributed by atoms with E-state index in [4.69, 9.17) is 14.2 Å². The van der Waals surface area contributed by atoms with Crippen LogP contribution in [-0.2, 0) is 20.7 Å². The first kappa shape index (κ1) is 26.8. The van der Waals surface area contributed by atoms with Gasteiger partial charge in [0.1, 0.15) is 12.4 Å². The maximum absolute atomic E-state index is 12.5. The average molecular weight is 438 g/mol. The Balaban J connectivity index is 2.60. The molecule has 0 aliphatic rings. The van der Waals surface area contributed by atoms with E-state index < -0.39 is 12.1 Å². The van der Waals surface area contributed by atoms with Gasteiger partial charge in [0.25, 0.3) is 0 Å². The van der Waals surface area contributed by atoms with E-state index in [1.54, 1.807) is 24.0 Å². The number of amides is 1. The van der Waals surface area contributed by atoms with E-state index in [-0.39, 0.29) is 17.4 Å². The van der Waals surface area contributed by atoms with Gasteiger partial charge in [-0.05, 0) is 42.4 Å². The van der Waals surface area contributed by atoms with Gasteiger partial charge in [-0.1, -0.05) is 46.8 Å². The fourth-order valence-electron chi connectivity index (χ4n) is 2.72. The molecule has 1 unspecified atom stereocenters. The Morgan fingerprint density at radius 1 is 1.10 bits per heavy atom. The van der Waals surface area contributed by atoms with Crippen molar-refractivity contribution in [1.82, 2.24) is 4.90 Å². The minimum Gasteiger partial charge on any atom is -0.492 e. The highest BCUT2D eigenvalue weighted by Crippen LogP contribution is 2.19. The van der Waals surface area contributed by atoms with Crippen molar-refractivity contribution in [3.63, 3.8) is 0 Å². The normalized spacial score (nSPS) is 12.5. The molecule has 1 N–H and O–H groups in total. The van der Waals surface area contributed by atoms with Gasteiger partial charge in [-0.3, -0.25) is 0 Å². The molecule has 176 valence electrons. The lowest BCUT2D eigenvalue weighted by atomic mass is 9.92. The lowest BCUT2D eigenvalue weighted by Gasteiger charge is -2.26. The monoisotopic (exact) mass is 437 g/mol. The molecule has 1 amide bonds. The summed E-state index contributed by atoms with van der Waals surface area (Å²) in [4.78, 5) is 25.4. The average Bonchev–Trinajstić information content (AvgIpc) is 2.68. The van der Waals surface area contributed by atoms with E-state index in [0.717, 1.165) is 12.0 Å². The second kappa shape index (κ2) is 13.2. The zero-order chi connectivity index (χ0) is 23.4. The van der Waals surface area contributed by atoms with Crippen LogP contribution in [0.5, 0.6) is 5.75 Å².